The number of aliphatic imine (C=N–C) groups is 1. The van der Waals surface area contributed by atoms with E-state index >= 15 is 0 Å². The highest BCUT2D eigenvalue weighted by Gasteiger charge is 2.30. The second-order valence-corrected chi connectivity index (χ2v) is 6.05. The molecule has 0 fully saturated rings. The van der Waals surface area contributed by atoms with Gasteiger partial charge in [-0.05, 0) is 47.5 Å². The van der Waals surface area contributed by atoms with Crippen molar-refractivity contribution in [3.8, 4) is 11.5 Å². The molecule has 2 aliphatic rings. The molecule has 21 heavy (non-hydrogen) atoms. The Labute approximate surface area is 131 Å². The fraction of sp³-hybridized carbons (Fsp3) is 0.429. The lowest BCUT2D eigenvalue weighted by atomic mass is 10.1. The summed E-state index contributed by atoms with van der Waals surface area (Å²) >= 11 is 3.45. The Kier molecular flexibility index (Phi) is 3.75. The number of ether oxygens (including phenoxy) is 2. The summed E-state index contributed by atoms with van der Waals surface area (Å²) in [6.45, 7) is 5.00. The van der Waals surface area contributed by atoms with Crippen molar-refractivity contribution in [3.63, 3.8) is 0 Å². The molecule has 0 radical (unpaired) electrons. The van der Waals surface area contributed by atoms with Gasteiger partial charge in [-0.1, -0.05) is 0 Å². The minimum absolute atomic E-state index is 0.151. The third-order valence-corrected chi connectivity index (χ3v) is 3.70. The normalized spacial score (nSPS) is 20.3. The number of benzene rings is 1. The number of fused-ring (bicyclic) bond motifs is 1. The van der Waals surface area contributed by atoms with Gasteiger partial charge in [-0.15, -0.1) is 0 Å². The van der Waals surface area contributed by atoms with Gasteiger partial charge in [0.05, 0.1) is 4.47 Å². The first kappa shape index (κ1) is 14.2. The molecule has 1 atom stereocenters. The van der Waals surface area contributed by atoms with E-state index in [0.717, 1.165) is 10.0 Å². The molecule has 0 saturated carbocycles. The Morgan fingerprint density at radius 1 is 1.38 bits per heavy atom. The van der Waals surface area contributed by atoms with Gasteiger partial charge < -0.3 is 14.8 Å². The molecule has 3 rings (SSSR count). The Bertz CT molecular complexity index is 616. The molecule has 0 aliphatic carbocycles. The molecule has 0 aromatic heterocycles. The molecule has 1 unspecified atom stereocenters. The quantitative estimate of drug-likeness (QED) is 0.849. The van der Waals surface area contributed by atoms with Crippen molar-refractivity contribution in [2.75, 3.05) is 13.2 Å². The Morgan fingerprint density at radius 3 is 2.90 bits per heavy atom. The molecule has 112 valence electrons. The van der Waals surface area contributed by atoms with Gasteiger partial charge in [-0.3, -0.25) is 10.1 Å². The van der Waals surface area contributed by atoms with Gasteiger partial charge in [0.1, 0.15) is 13.2 Å². The highest BCUT2D eigenvalue weighted by Crippen LogP contribution is 2.40. The smallest absolute Gasteiger partial charge is 0.256 e. The van der Waals surface area contributed by atoms with Crippen LogP contribution in [0.15, 0.2) is 21.6 Å². The van der Waals surface area contributed by atoms with Crippen molar-refractivity contribution in [1.82, 2.24) is 10.6 Å². The van der Waals surface area contributed by atoms with Crippen LogP contribution >= 0.6 is 15.9 Å². The van der Waals surface area contributed by atoms with E-state index in [2.05, 4.69) is 31.6 Å². The van der Waals surface area contributed by atoms with Crippen LogP contribution in [0.5, 0.6) is 11.5 Å². The standard InChI is InChI=1S/C14H16BrN3O3/c1-7(2)16-14-17-11(13(19)18-14)8-5-9(15)12-10(6-8)20-3-4-21-12/h5-7,11H,3-4H2,1-2H3,(H2,16,17,18,19). The molecule has 7 heteroatoms. The number of nitrogens with one attached hydrogen (secondary N) is 2. The summed E-state index contributed by atoms with van der Waals surface area (Å²) in [5.74, 6) is 1.67. The van der Waals surface area contributed by atoms with Crippen molar-refractivity contribution in [2.24, 2.45) is 4.99 Å². The Balaban J connectivity index is 1.91. The number of amides is 1. The summed E-state index contributed by atoms with van der Waals surface area (Å²) in [7, 11) is 0. The predicted molar refractivity (Wildman–Crippen MR) is 81.7 cm³/mol. The second kappa shape index (κ2) is 5.55. The van der Waals surface area contributed by atoms with Crippen molar-refractivity contribution in [2.45, 2.75) is 25.9 Å². The summed E-state index contributed by atoms with van der Waals surface area (Å²) < 4.78 is 11.9. The number of rotatable bonds is 2. The van der Waals surface area contributed by atoms with E-state index in [4.69, 9.17) is 9.47 Å². The maximum absolute atomic E-state index is 12.1. The first-order valence-electron chi connectivity index (χ1n) is 6.79. The molecule has 0 saturated heterocycles. The van der Waals surface area contributed by atoms with E-state index in [-0.39, 0.29) is 11.9 Å². The largest absolute Gasteiger partial charge is 0.486 e. The van der Waals surface area contributed by atoms with Gasteiger partial charge in [0, 0.05) is 6.04 Å². The number of hydrogen-bond donors (Lipinski definition) is 2. The van der Waals surface area contributed by atoms with Gasteiger partial charge in [-0.25, -0.2) is 4.99 Å². The average Bonchev–Trinajstić information content (AvgIpc) is 2.78. The van der Waals surface area contributed by atoms with Crippen LogP contribution in [0.3, 0.4) is 0 Å². The lowest BCUT2D eigenvalue weighted by Crippen LogP contribution is -2.40. The molecular weight excluding hydrogens is 338 g/mol. The Morgan fingerprint density at radius 2 is 2.14 bits per heavy atom. The molecule has 1 aromatic carbocycles. The van der Waals surface area contributed by atoms with E-state index in [1.807, 2.05) is 26.0 Å². The van der Waals surface area contributed by atoms with Gasteiger partial charge in [0.2, 0.25) is 0 Å². The van der Waals surface area contributed by atoms with Gasteiger partial charge in [-0.2, -0.15) is 0 Å². The van der Waals surface area contributed by atoms with Crippen LogP contribution in [-0.2, 0) is 4.79 Å². The maximum Gasteiger partial charge on any atom is 0.256 e. The van der Waals surface area contributed by atoms with E-state index in [0.29, 0.717) is 30.7 Å². The maximum atomic E-state index is 12.1. The monoisotopic (exact) mass is 353 g/mol. The van der Waals surface area contributed by atoms with Gasteiger partial charge in [0.15, 0.2) is 23.5 Å². The fourth-order valence-electron chi connectivity index (χ4n) is 2.27. The van der Waals surface area contributed by atoms with E-state index in [9.17, 15) is 4.79 Å². The molecule has 0 spiro atoms. The molecule has 2 aliphatic heterocycles. The van der Waals surface area contributed by atoms with Crippen LogP contribution in [0.1, 0.15) is 25.5 Å². The zero-order valence-electron chi connectivity index (χ0n) is 11.8. The second-order valence-electron chi connectivity index (χ2n) is 5.20. The highest BCUT2D eigenvalue weighted by atomic mass is 79.9. The molecule has 0 bridgehead atoms. The SMILES string of the molecule is CC(C)NC1=NC(c2cc(Br)c3c(c2)OCCO3)C(=O)N1. The topological polar surface area (TPSA) is 72.0 Å². The van der Waals surface area contributed by atoms with Crippen molar-refractivity contribution in [3.05, 3.63) is 22.2 Å². The third kappa shape index (κ3) is 2.83. The summed E-state index contributed by atoms with van der Waals surface area (Å²) in [6, 6.07) is 3.29. The zero-order valence-corrected chi connectivity index (χ0v) is 13.4. The molecule has 2 heterocycles. The first-order valence-corrected chi connectivity index (χ1v) is 7.58. The van der Waals surface area contributed by atoms with Crippen molar-refractivity contribution < 1.29 is 14.3 Å². The van der Waals surface area contributed by atoms with Crippen LogP contribution in [0.25, 0.3) is 0 Å². The average molecular weight is 354 g/mol. The van der Waals surface area contributed by atoms with Gasteiger partial charge >= 0.3 is 0 Å². The summed E-state index contributed by atoms with van der Waals surface area (Å²) in [5, 5.41) is 5.85. The number of carbonyl (C=O) groups is 1. The molecule has 2 N–H and O–H groups in total. The zero-order chi connectivity index (χ0) is 15.0. The van der Waals surface area contributed by atoms with Gasteiger partial charge in [0.25, 0.3) is 5.91 Å². The molecule has 1 amide bonds. The number of hydrogen-bond acceptors (Lipinski definition) is 5. The highest BCUT2D eigenvalue weighted by molar-refractivity contribution is 9.10. The minimum atomic E-state index is -0.571. The Hall–Kier alpha value is -1.76. The van der Waals surface area contributed by atoms with Crippen molar-refractivity contribution in [1.29, 1.82) is 0 Å². The van der Waals surface area contributed by atoms with E-state index in [1.165, 1.54) is 0 Å². The first-order chi connectivity index (χ1) is 10.0. The summed E-state index contributed by atoms with van der Waals surface area (Å²) in [5.41, 5.74) is 0.768. The summed E-state index contributed by atoms with van der Waals surface area (Å²) in [4.78, 5) is 16.5. The summed E-state index contributed by atoms with van der Waals surface area (Å²) in [6.07, 6.45) is 0. The van der Waals surface area contributed by atoms with E-state index < -0.39 is 6.04 Å². The van der Waals surface area contributed by atoms with Crippen molar-refractivity contribution >= 4 is 27.8 Å². The number of guanidine groups is 1. The number of nitrogens with zero attached hydrogens (tertiary/aromatic N) is 1. The molecule has 6 nitrogen and oxygen atoms in total. The minimum Gasteiger partial charge on any atom is -0.486 e. The van der Waals surface area contributed by atoms with Crippen LogP contribution in [-0.4, -0.2) is 31.1 Å². The molecular formula is C14H16BrN3O3. The lowest BCUT2D eigenvalue weighted by molar-refractivity contribution is -0.120. The van der Waals surface area contributed by atoms with E-state index in [1.54, 1.807) is 0 Å². The van der Waals surface area contributed by atoms with Crippen LogP contribution in [0.2, 0.25) is 0 Å². The predicted octanol–water partition coefficient (Wildman–Crippen LogP) is 1.75. The molecule has 1 aromatic rings. The third-order valence-electron chi connectivity index (χ3n) is 3.11. The van der Waals surface area contributed by atoms with Crippen LogP contribution < -0.4 is 20.1 Å². The lowest BCUT2D eigenvalue weighted by Gasteiger charge is -2.21. The fourth-order valence-corrected chi connectivity index (χ4v) is 2.84. The number of carbonyl (C=O) groups excluding carboxylic acids is 1. The van der Waals surface area contributed by atoms with Crippen LogP contribution in [0.4, 0.5) is 0 Å². The van der Waals surface area contributed by atoms with Crippen LogP contribution in [0, 0.1) is 0 Å². The number of halogens is 1.